The largest absolute Gasteiger partial charge is 0.476 e. The van der Waals surface area contributed by atoms with Gasteiger partial charge in [0.05, 0.1) is 16.0 Å². The number of thioether (sulfide) groups is 1. The number of carbonyl (C=O) groups is 1. The quantitative estimate of drug-likeness (QED) is 0.882. The van der Waals surface area contributed by atoms with E-state index in [0.717, 1.165) is 34.6 Å². The van der Waals surface area contributed by atoms with Gasteiger partial charge in [0.1, 0.15) is 0 Å². The summed E-state index contributed by atoms with van der Waals surface area (Å²) in [7, 11) is 0. The van der Waals surface area contributed by atoms with Gasteiger partial charge in [-0.2, -0.15) is 18.3 Å². The van der Waals surface area contributed by atoms with Crippen LogP contribution in [-0.4, -0.2) is 26.4 Å². The molecule has 2 aromatic heterocycles. The van der Waals surface area contributed by atoms with Crippen molar-refractivity contribution in [2.24, 2.45) is 0 Å². The molecule has 0 amide bonds. The first-order valence-corrected chi connectivity index (χ1v) is 6.28. The lowest BCUT2D eigenvalue weighted by Gasteiger charge is -2.06. The fourth-order valence-electron chi connectivity index (χ4n) is 1.63. The van der Waals surface area contributed by atoms with Crippen LogP contribution in [0.3, 0.4) is 0 Å². The highest BCUT2D eigenvalue weighted by Crippen LogP contribution is 2.33. The molecule has 4 nitrogen and oxygen atoms in total. The van der Waals surface area contributed by atoms with Crippen molar-refractivity contribution in [3.63, 3.8) is 0 Å². The number of alkyl halides is 3. The summed E-state index contributed by atoms with van der Waals surface area (Å²) in [6.45, 7) is 1.79. The molecule has 0 fully saturated rings. The molecule has 2 rings (SSSR count). The van der Waals surface area contributed by atoms with E-state index in [1.807, 2.05) is 0 Å². The molecule has 0 saturated carbocycles. The van der Waals surface area contributed by atoms with E-state index in [1.165, 1.54) is 0 Å². The van der Waals surface area contributed by atoms with Crippen molar-refractivity contribution in [2.75, 3.05) is 5.75 Å². The molecule has 0 saturated heterocycles. The van der Waals surface area contributed by atoms with Gasteiger partial charge in [-0.15, -0.1) is 11.8 Å². The molecule has 1 N–H and O–H groups in total. The van der Waals surface area contributed by atoms with Crippen LogP contribution in [0.2, 0.25) is 0 Å². The molecule has 0 radical (unpaired) electrons. The Hall–Kier alpha value is -1.70. The number of aromatic nitrogens is 2. The van der Waals surface area contributed by atoms with E-state index in [9.17, 15) is 18.0 Å². The van der Waals surface area contributed by atoms with Gasteiger partial charge < -0.3 is 5.11 Å². The number of carboxylic acids is 1. The zero-order chi connectivity index (χ0) is 14.2. The molecule has 2 heterocycles. The molecule has 0 bridgehead atoms. The average molecular weight is 290 g/mol. The summed E-state index contributed by atoms with van der Waals surface area (Å²) in [5.41, 5.74) is -0.903. The lowest BCUT2D eigenvalue weighted by molar-refractivity contribution is -0.137. The summed E-state index contributed by atoms with van der Waals surface area (Å²) in [5, 5.41) is 12.8. The highest BCUT2D eigenvalue weighted by Gasteiger charge is 2.31. The predicted molar refractivity (Wildman–Crippen MR) is 63.6 cm³/mol. The van der Waals surface area contributed by atoms with E-state index in [1.54, 1.807) is 6.92 Å². The number of halogens is 3. The zero-order valence-corrected chi connectivity index (χ0v) is 10.5. The molecule has 19 heavy (non-hydrogen) atoms. The molecule has 0 aliphatic heterocycles. The SMILES string of the molecule is CCSc1c(C(=O)O)nn2ccc(C(F)(F)F)cc12. The summed E-state index contributed by atoms with van der Waals surface area (Å²) in [4.78, 5) is 11.3. The minimum atomic E-state index is -4.47. The van der Waals surface area contributed by atoms with E-state index in [2.05, 4.69) is 5.10 Å². The number of carboxylic acid groups (broad SMARTS) is 1. The van der Waals surface area contributed by atoms with Crippen LogP contribution < -0.4 is 0 Å². The number of rotatable bonds is 3. The van der Waals surface area contributed by atoms with Gasteiger partial charge in [0, 0.05) is 6.20 Å². The van der Waals surface area contributed by atoms with E-state index < -0.39 is 17.7 Å². The van der Waals surface area contributed by atoms with Crippen molar-refractivity contribution in [2.45, 2.75) is 18.0 Å². The standard InChI is InChI=1S/C11H9F3N2O2S/c1-2-19-9-7-5-6(11(12,13)14)3-4-16(7)15-8(9)10(17)18/h3-5H,2H2,1H3,(H,17,18). The third kappa shape index (κ3) is 2.53. The van der Waals surface area contributed by atoms with E-state index in [4.69, 9.17) is 5.11 Å². The number of hydrogen-bond acceptors (Lipinski definition) is 3. The lowest BCUT2D eigenvalue weighted by Crippen LogP contribution is -2.05. The van der Waals surface area contributed by atoms with Crippen molar-refractivity contribution < 1.29 is 23.1 Å². The fraction of sp³-hybridized carbons (Fsp3) is 0.273. The van der Waals surface area contributed by atoms with E-state index >= 15 is 0 Å². The predicted octanol–water partition coefficient (Wildman–Crippen LogP) is 3.16. The average Bonchev–Trinajstić information content (AvgIpc) is 2.67. The molecular formula is C11H9F3N2O2S. The van der Waals surface area contributed by atoms with Gasteiger partial charge >= 0.3 is 12.1 Å². The Labute approximate surface area is 110 Å². The maximum absolute atomic E-state index is 12.6. The van der Waals surface area contributed by atoms with Crippen LogP contribution in [0, 0.1) is 0 Å². The van der Waals surface area contributed by atoms with Crippen molar-refractivity contribution >= 4 is 23.2 Å². The van der Waals surface area contributed by atoms with Gasteiger partial charge in [0.15, 0.2) is 5.69 Å². The monoisotopic (exact) mass is 290 g/mol. The van der Waals surface area contributed by atoms with E-state index in [0.29, 0.717) is 5.75 Å². The molecule has 0 spiro atoms. The van der Waals surface area contributed by atoms with Gasteiger partial charge in [0.25, 0.3) is 0 Å². The second kappa shape index (κ2) is 4.76. The summed E-state index contributed by atoms with van der Waals surface area (Å²) < 4.78 is 39.1. The van der Waals surface area contributed by atoms with Gasteiger partial charge in [0.2, 0.25) is 0 Å². The van der Waals surface area contributed by atoms with Gasteiger partial charge in [-0.3, -0.25) is 0 Å². The Morgan fingerprint density at radius 1 is 1.53 bits per heavy atom. The van der Waals surface area contributed by atoms with Crippen LogP contribution in [-0.2, 0) is 6.18 Å². The molecule has 0 atom stereocenters. The van der Waals surface area contributed by atoms with Crippen LogP contribution in [0.15, 0.2) is 23.2 Å². The topological polar surface area (TPSA) is 54.6 Å². The summed E-state index contributed by atoms with van der Waals surface area (Å²) >= 11 is 1.15. The second-order valence-electron chi connectivity index (χ2n) is 3.66. The highest BCUT2D eigenvalue weighted by atomic mass is 32.2. The highest BCUT2D eigenvalue weighted by molar-refractivity contribution is 7.99. The minimum absolute atomic E-state index is 0.152. The summed E-state index contributed by atoms with van der Waals surface area (Å²) in [6, 6.07) is 1.78. The third-order valence-corrected chi connectivity index (χ3v) is 3.39. The van der Waals surface area contributed by atoms with Gasteiger partial charge in [-0.1, -0.05) is 6.92 Å². The zero-order valence-electron chi connectivity index (χ0n) is 9.73. The second-order valence-corrected chi connectivity index (χ2v) is 4.93. The third-order valence-electron chi connectivity index (χ3n) is 2.41. The molecule has 8 heteroatoms. The number of hydrogen-bond donors (Lipinski definition) is 1. The van der Waals surface area contributed by atoms with Gasteiger partial charge in [-0.25, -0.2) is 9.31 Å². The van der Waals surface area contributed by atoms with Gasteiger partial charge in [-0.05, 0) is 17.9 Å². The summed E-state index contributed by atoms with van der Waals surface area (Å²) in [5.74, 6) is -0.717. The molecule has 0 unspecified atom stereocenters. The Morgan fingerprint density at radius 3 is 2.74 bits per heavy atom. The maximum Gasteiger partial charge on any atom is 0.416 e. The van der Waals surface area contributed by atoms with Crippen LogP contribution in [0.5, 0.6) is 0 Å². The maximum atomic E-state index is 12.6. The Kier molecular flexibility index (Phi) is 3.44. The number of nitrogens with zero attached hydrogens (tertiary/aromatic N) is 2. The Morgan fingerprint density at radius 2 is 2.21 bits per heavy atom. The van der Waals surface area contributed by atoms with Crippen LogP contribution in [0.25, 0.3) is 5.52 Å². The molecule has 102 valence electrons. The van der Waals surface area contributed by atoms with Crippen molar-refractivity contribution in [3.05, 3.63) is 29.6 Å². The number of aromatic carboxylic acids is 1. The lowest BCUT2D eigenvalue weighted by atomic mass is 10.2. The van der Waals surface area contributed by atoms with E-state index in [-0.39, 0.29) is 16.1 Å². The minimum Gasteiger partial charge on any atom is -0.476 e. The van der Waals surface area contributed by atoms with Crippen molar-refractivity contribution in [3.8, 4) is 0 Å². The Balaban J connectivity index is 2.69. The smallest absolute Gasteiger partial charge is 0.416 e. The Bertz CT molecular complexity index is 637. The molecular weight excluding hydrogens is 281 g/mol. The molecule has 0 aliphatic rings. The first-order valence-electron chi connectivity index (χ1n) is 5.30. The fourth-order valence-corrected chi connectivity index (χ4v) is 2.48. The first-order chi connectivity index (χ1) is 8.84. The van der Waals surface area contributed by atoms with Crippen molar-refractivity contribution in [1.29, 1.82) is 0 Å². The molecule has 0 aliphatic carbocycles. The summed E-state index contributed by atoms with van der Waals surface area (Å²) in [6.07, 6.45) is -3.35. The number of pyridine rings is 1. The number of fused-ring (bicyclic) bond motifs is 1. The normalized spacial score (nSPS) is 12.0. The molecule has 2 aromatic rings. The van der Waals surface area contributed by atoms with Crippen molar-refractivity contribution in [1.82, 2.24) is 9.61 Å². The van der Waals surface area contributed by atoms with Crippen LogP contribution in [0.4, 0.5) is 13.2 Å². The van der Waals surface area contributed by atoms with Crippen LogP contribution >= 0.6 is 11.8 Å². The van der Waals surface area contributed by atoms with Crippen LogP contribution in [0.1, 0.15) is 23.0 Å². The first kappa shape index (κ1) is 13.7. The molecule has 0 aromatic carbocycles.